The first-order valence-electron chi connectivity index (χ1n) is 6.26. The van der Waals surface area contributed by atoms with Gasteiger partial charge in [-0.3, -0.25) is 4.90 Å². The fourth-order valence-corrected chi connectivity index (χ4v) is 1.92. The minimum absolute atomic E-state index is 0.181. The van der Waals surface area contributed by atoms with Crippen LogP contribution in [0.25, 0.3) is 0 Å². The van der Waals surface area contributed by atoms with E-state index in [1.807, 2.05) is 24.3 Å². The molecule has 1 aromatic rings. The molecule has 0 saturated carbocycles. The highest BCUT2D eigenvalue weighted by molar-refractivity contribution is 5.88. The largest absolute Gasteiger partial charge is 0.466 e. The van der Waals surface area contributed by atoms with Crippen LogP contribution in [0.5, 0.6) is 0 Å². The van der Waals surface area contributed by atoms with E-state index in [1.54, 1.807) is 0 Å². The van der Waals surface area contributed by atoms with Crippen molar-refractivity contribution < 1.29 is 9.53 Å². The van der Waals surface area contributed by atoms with E-state index in [2.05, 4.69) is 41.9 Å². The molecule has 0 N–H and O–H groups in total. The highest BCUT2D eigenvalue weighted by atomic mass is 16.5. The topological polar surface area (TPSA) is 29.5 Å². The summed E-state index contributed by atoms with van der Waals surface area (Å²) in [5.74, 6) is -0.366. The van der Waals surface area contributed by atoms with Crippen LogP contribution in [-0.4, -0.2) is 31.1 Å². The van der Waals surface area contributed by atoms with Crippen molar-refractivity contribution in [1.29, 1.82) is 0 Å². The van der Waals surface area contributed by atoms with Crippen molar-refractivity contribution in [1.82, 2.24) is 4.90 Å². The number of carbonyl (C=O) groups is 1. The van der Waals surface area contributed by atoms with Crippen molar-refractivity contribution in [3.8, 4) is 0 Å². The molecule has 0 aliphatic heterocycles. The summed E-state index contributed by atoms with van der Waals surface area (Å²) in [5.41, 5.74) is 1.65. The summed E-state index contributed by atoms with van der Waals surface area (Å²) in [6, 6.07) is 10.3. The Morgan fingerprint density at radius 1 is 1.42 bits per heavy atom. The van der Waals surface area contributed by atoms with Gasteiger partial charge in [0.2, 0.25) is 0 Å². The Morgan fingerprint density at radius 3 is 2.58 bits per heavy atom. The van der Waals surface area contributed by atoms with Crippen LogP contribution in [0.4, 0.5) is 0 Å². The van der Waals surface area contributed by atoms with Crippen molar-refractivity contribution in [2.45, 2.75) is 13.0 Å². The van der Waals surface area contributed by atoms with Gasteiger partial charge < -0.3 is 4.74 Å². The number of rotatable bonds is 7. The average Bonchev–Trinajstić information content (AvgIpc) is 2.45. The average molecular weight is 259 g/mol. The molecule has 0 aliphatic carbocycles. The first kappa shape index (κ1) is 15.2. The molecule has 19 heavy (non-hydrogen) atoms. The predicted octanol–water partition coefficient (Wildman–Crippen LogP) is 2.96. The van der Waals surface area contributed by atoms with Gasteiger partial charge in [0.15, 0.2) is 0 Å². The van der Waals surface area contributed by atoms with Gasteiger partial charge in [0.05, 0.1) is 7.11 Å². The summed E-state index contributed by atoms with van der Waals surface area (Å²) in [7, 11) is 1.37. The SMILES string of the molecule is C=CCN(CC(=C)C(=O)OC)[C@@H](C)c1ccccc1. The minimum atomic E-state index is -0.366. The van der Waals surface area contributed by atoms with E-state index >= 15 is 0 Å². The number of methoxy groups -OCH3 is 1. The molecule has 0 fully saturated rings. The van der Waals surface area contributed by atoms with E-state index in [0.717, 1.165) is 0 Å². The van der Waals surface area contributed by atoms with Crippen molar-refractivity contribution in [3.63, 3.8) is 0 Å². The second-order valence-corrected chi connectivity index (χ2v) is 4.40. The van der Waals surface area contributed by atoms with E-state index in [9.17, 15) is 4.79 Å². The summed E-state index contributed by atoms with van der Waals surface area (Å²) in [4.78, 5) is 13.6. The van der Waals surface area contributed by atoms with Crippen LogP contribution < -0.4 is 0 Å². The van der Waals surface area contributed by atoms with Gasteiger partial charge in [0, 0.05) is 24.7 Å². The molecule has 0 aliphatic rings. The first-order chi connectivity index (χ1) is 9.10. The first-order valence-corrected chi connectivity index (χ1v) is 6.26. The van der Waals surface area contributed by atoms with Crippen molar-refractivity contribution in [3.05, 3.63) is 60.7 Å². The van der Waals surface area contributed by atoms with Crippen LogP contribution in [0.15, 0.2) is 55.1 Å². The zero-order chi connectivity index (χ0) is 14.3. The number of benzene rings is 1. The van der Waals surface area contributed by atoms with Crippen LogP contribution in [0, 0.1) is 0 Å². The lowest BCUT2D eigenvalue weighted by Crippen LogP contribution is -2.31. The number of esters is 1. The third kappa shape index (κ3) is 4.38. The highest BCUT2D eigenvalue weighted by Crippen LogP contribution is 2.20. The fourth-order valence-electron chi connectivity index (χ4n) is 1.92. The van der Waals surface area contributed by atoms with Crippen LogP contribution in [0.2, 0.25) is 0 Å². The van der Waals surface area contributed by atoms with E-state index in [-0.39, 0.29) is 12.0 Å². The zero-order valence-corrected chi connectivity index (χ0v) is 11.6. The number of carbonyl (C=O) groups excluding carboxylic acids is 1. The van der Waals surface area contributed by atoms with Gasteiger partial charge in [-0.25, -0.2) is 4.79 Å². The van der Waals surface area contributed by atoms with Gasteiger partial charge in [-0.05, 0) is 12.5 Å². The van der Waals surface area contributed by atoms with E-state index in [1.165, 1.54) is 12.7 Å². The third-order valence-electron chi connectivity index (χ3n) is 3.06. The lowest BCUT2D eigenvalue weighted by Gasteiger charge is -2.28. The Bertz CT molecular complexity index is 439. The molecule has 1 atom stereocenters. The quantitative estimate of drug-likeness (QED) is 0.428. The monoisotopic (exact) mass is 259 g/mol. The van der Waals surface area contributed by atoms with Crippen molar-refractivity contribution in [2.24, 2.45) is 0 Å². The lowest BCUT2D eigenvalue weighted by molar-refractivity contribution is -0.136. The van der Waals surface area contributed by atoms with Gasteiger partial charge in [0.25, 0.3) is 0 Å². The fraction of sp³-hybridized carbons (Fsp3) is 0.312. The Labute approximate surface area is 115 Å². The van der Waals surface area contributed by atoms with Crippen LogP contribution in [-0.2, 0) is 9.53 Å². The molecule has 1 rings (SSSR count). The number of hydrogen-bond donors (Lipinski definition) is 0. The minimum Gasteiger partial charge on any atom is -0.466 e. The summed E-state index contributed by atoms with van der Waals surface area (Å²) in [5, 5.41) is 0. The molecule has 0 heterocycles. The summed E-state index contributed by atoms with van der Waals surface area (Å²) < 4.78 is 4.69. The van der Waals surface area contributed by atoms with Crippen molar-refractivity contribution >= 4 is 5.97 Å². The van der Waals surface area contributed by atoms with Gasteiger partial charge in [0.1, 0.15) is 0 Å². The molecular formula is C16H21NO2. The second-order valence-electron chi connectivity index (χ2n) is 4.40. The Hall–Kier alpha value is -1.87. The summed E-state index contributed by atoms with van der Waals surface area (Å²) >= 11 is 0. The van der Waals surface area contributed by atoms with Gasteiger partial charge in [-0.15, -0.1) is 6.58 Å². The van der Waals surface area contributed by atoms with Crippen LogP contribution >= 0.6 is 0 Å². The predicted molar refractivity (Wildman–Crippen MR) is 77.8 cm³/mol. The maximum atomic E-state index is 11.4. The number of nitrogens with zero attached hydrogens (tertiary/aromatic N) is 1. The standard InChI is InChI=1S/C16H21NO2/c1-5-11-17(12-13(2)16(18)19-4)14(3)15-9-7-6-8-10-15/h5-10,14H,1-2,11-12H2,3-4H3/t14-/m0/s1. The molecule has 0 bridgehead atoms. The zero-order valence-electron chi connectivity index (χ0n) is 11.6. The molecule has 0 aromatic heterocycles. The molecule has 0 amide bonds. The van der Waals surface area contributed by atoms with Gasteiger partial charge in [-0.2, -0.15) is 0 Å². The molecule has 0 radical (unpaired) electrons. The smallest absolute Gasteiger partial charge is 0.334 e. The lowest BCUT2D eigenvalue weighted by atomic mass is 10.1. The molecule has 3 nitrogen and oxygen atoms in total. The van der Waals surface area contributed by atoms with Crippen LogP contribution in [0.1, 0.15) is 18.5 Å². The normalized spacial score (nSPS) is 11.9. The second kappa shape index (κ2) is 7.54. The highest BCUT2D eigenvalue weighted by Gasteiger charge is 2.18. The van der Waals surface area contributed by atoms with E-state index < -0.39 is 0 Å². The molecule has 0 unspecified atom stereocenters. The Morgan fingerprint density at radius 2 is 2.05 bits per heavy atom. The summed E-state index contributed by atoms with van der Waals surface area (Å²) in [6.07, 6.45) is 1.82. The van der Waals surface area contributed by atoms with Crippen LogP contribution in [0.3, 0.4) is 0 Å². The molecule has 102 valence electrons. The molecular weight excluding hydrogens is 238 g/mol. The molecule has 1 aromatic carbocycles. The molecule has 0 spiro atoms. The summed E-state index contributed by atoms with van der Waals surface area (Å²) in [6.45, 7) is 10.8. The van der Waals surface area contributed by atoms with E-state index in [0.29, 0.717) is 18.7 Å². The molecule has 3 heteroatoms. The molecule has 0 saturated heterocycles. The van der Waals surface area contributed by atoms with Gasteiger partial charge >= 0.3 is 5.97 Å². The number of ether oxygens (including phenoxy) is 1. The number of hydrogen-bond acceptors (Lipinski definition) is 3. The maximum absolute atomic E-state index is 11.4. The van der Waals surface area contributed by atoms with Gasteiger partial charge in [-0.1, -0.05) is 43.0 Å². The Kier molecular flexibility index (Phi) is 6.03. The third-order valence-corrected chi connectivity index (χ3v) is 3.06. The van der Waals surface area contributed by atoms with E-state index in [4.69, 9.17) is 0 Å². The Balaban J connectivity index is 2.80. The maximum Gasteiger partial charge on any atom is 0.334 e. The van der Waals surface area contributed by atoms with Crippen molar-refractivity contribution in [2.75, 3.05) is 20.2 Å².